The van der Waals surface area contributed by atoms with Crippen LogP contribution in [0.3, 0.4) is 0 Å². The zero-order chi connectivity index (χ0) is 39.9. The summed E-state index contributed by atoms with van der Waals surface area (Å²) in [5.41, 5.74) is 3.33. The largest absolute Gasteiger partial charge is 0.506 e. The molecule has 4 aromatic carbocycles. The SMILES string of the molecule is CCC(Cc1ccc(N2CC(=O)NS2(=O)=O)c(O)c1)C(O)c1ccccc1.CCCC(Cc1ccc(N2CC(=O)NS2(=O)=O)c(O)c1)C(O)c1ccccc1. The van der Waals surface area contributed by atoms with Crippen LogP contribution in [0.25, 0.3) is 0 Å². The lowest BCUT2D eigenvalue weighted by molar-refractivity contribution is -0.118. The number of benzene rings is 4. The third kappa shape index (κ3) is 9.94. The van der Waals surface area contributed by atoms with E-state index in [0.29, 0.717) is 12.8 Å². The van der Waals surface area contributed by atoms with E-state index in [-0.39, 0.29) is 47.8 Å². The number of rotatable bonds is 13. The van der Waals surface area contributed by atoms with Crippen LogP contribution < -0.4 is 18.1 Å². The van der Waals surface area contributed by atoms with Crippen molar-refractivity contribution < 1.29 is 46.9 Å². The zero-order valence-electron chi connectivity index (χ0n) is 30.4. The standard InChI is InChI=1S/C20H24N2O5S.C19H22N2O5S/c1-2-6-16(20(25)15-7-4-3-5-8-15)11-14-9-10-17(18(23)12-14)22-13-19(24)21-28(22,26)27;1-2-14(19(24)15-6-4-3-5-7-15)10-13-8-9-16(17(22)11-13)21-12-18(23)20-27(21,25)26/h3-5,7-10,12,16,20,23,25H,2,6,11,13H2,1H3,(H,21,24);3-9,11,14,19,22,24H,2,10,12H2,1H3,(H,20,23). The van der Waals surface area contributed by atoms with E-state index < -0.39 is 44.4 Å². The molecule has 55 heavy (non-hydrogen) atoms. The molecule has 2 fully saturated rings. The molecule has 0 saturated carbocycles. The number of phenolic OH excluding ortho intramolecular Hbond substituents is 2. The Morgan fingerprint density at radius 2 is 1.02 bits per heavy atom. The van der Waals surface area contributed by atoms with Gasteiger partial charge in [0.15, 0.2) is 0 Å². The van der Waals surface area contributed by atoms with E-state index in [1.54, 1.807) is 12.1 Å². The number of anilines is 2. The van der Waals surface area contributed by atoms with Crippen molar-refractivity contribution >= 4 is 43.6 Å². The first-order valence-electron chi connectivity index (χ1n) is 17.9. The zero-order valence-corrected chi connectivity index (χ0v) is 32.1. The quantitative estimate of drug-likeness (QED) is 0.114. The molecular formula is C39H46N4O10S2. The van der Waals surface area contributed by atoms with Gasteiger partial charge in [0.2, 0.25) is 0 Å². The number of aliphatic hydroxyl groups excluding tert-OH is 2. The molecule has 0 bridgehead atoms. The second-order valence-electron chi connectivity index (χ2n) is 13.6. The molecule has 14 nitrogen and oxygen atoms in total. The van der Waals surface area contributed by atoms with Gasteiger partial charge in [-0.2, -0.15) is 16.8 Å². The van der Waals surface area contributed by atoms with Gasteiger partial charge in [0.05, 0.1) is 23.6 Å². The van der Waals surface area contributed by atoms with Crippen LogP contribution in [-0.2, 0) is 42.8 Å². The first kappa shape index (κ1) is 41.0. The highest BCUT2D eigenvalue weighted by Crippen LogP contribution is 2.36. The fourth-order valence-electron chi connectivity index (χ4n) is 6.81. The predicted molar refractivity (Wildman–Crippen MR) is 207 cm³/mol. The molecule has 4 atom stereocenters. The Morgan fingerprint density at radius 3 is 1.36 bits per heavy atom. The van der Waals surface area contributed by atoms with Crippen molar-refractivity contribution in [3.8, 4) is 11.5 Å². The Kier molecular flexibility index (Phi) is 13.1. The van der Waals surface area contributed by atoms with Gasteiger partial charge in [-0.25, -0.2) is 18.1 Å². The molecule has 294 valence electrons. The molecule has 0 aliphatic carbocycles. The van der Waals surface area contributed by atoms with E-state index in [1.807, 2.05) is 84.0 Å². The Bertz CT molecular complexity index is 2190. The van der Waals surface area contributed by atoms with Crippen molar-refractivity contribution in [1.82, 2.24) is 9.44 Å². The molecule has 0 radical (unpaired) electrons. The van der Waals surface area contributed by atoms with Gasteiger partial charge in [-0.1, -0.05) is 99.5 Å². The van der Waals surface area contributed by atoms with Crippen LogP contribution in [0.2, 0.25) is 0 Å². The molecule has 2 saturated heterocycles. The van der Waals surface area contributed by atoms with Gasteiger partial charge in [-0.05, 0) is 77.6 Å². The molecule has 2 amide bonds. The number of aliphatic hydroxyl groups is 2. The van der Waals surface area contributed by atoms with Gasteiger partial charge in [-0.3, -0.25) is 9.59 Å². The fraction of sp³-hybridized carbons (Fsp3) is 0.333. The van der Waals surface area contributed by atoms with Crippen molar-refractivity contribution in [3.63, 3.8) is 0 Å². The van der Waals surface area contributed by atoms with Crippen molar-refractivity contribution in [2.24, 2.45) is 11.8 Å². The number of amides is 2. The summed E-state index contributed by atoms with van der Waals surface area (Å²) in [6.07, 6.45) is 2.21. The Hall–Kier alpha value is -5.16. The Morgan fingerprint density at radius 1 is 0.618 bits per heavy atom. The minimum atomic E-state index is -3.97. The van der Waals surface area contributed by atoms with E-state index in [4.69, 9.17) is 0 Å². The lowest BCUT2D eigenvalue weighted by Crippen LogP contribution is -2.29. The van der Waals surface area contributed by atoms with Gasteiger partial charge < -0.3 is 20.4 Å². The Labute approximate surface area is 321 Å². The highest BCUT2D eigenvalue weighted by atomic mass is 32.2. The number of nitrogens with zero attached hydrogens (tertiary/aromatic N) is 2. The van der Waals surface area contributed by atoms with Crippen molar-refractivity contribution in [2.75, 3.05) is 21.7 Å². The lowest BCUT2D eigenvalue weighted by Gasteiger charge is -2.24. The predicted octanol–water partition coefficient (Wildman–Crippen LogP) is 4.14. The second kappa shape index (κ2) is 17.5. The van der Waals surface area contributed by atoms with Crippen molar-refractivity contribution in [3.05, 3.63) is 119 Å². The summed E-state index contributed by atoms with van der Waals surface area (Å²) >= 11 is 0. The van der Waals surface area contributed by atoms with Crippen molar-refractivity contribution in [2.45, 2.75) is 58.2 Å². The van der Waals surface area contributed by atoms with E-state index >= 15 is 0 Å². The number of aromatic hydroxyl groups is 2. The van der Waals surface area contributed by atoms with Gasteiger partial charge in [-0.15, -0.1) is 0 Å². The van der Waals surface area contributed by atoms with Crippen LogP contribution in [-0.4, -0.2) is 62.2 Å². The third-order valence-electron chi connectivity index (χ3n) is 9.61. The molecule has 2 heterocycles. The van der Waals surface area contributed by atoms with Gasteiger partial charge in [0.1, 0.15) is 24.6 Å². The van der Waals surface area contributed by atoms with Gasteiger partial charge in [0.25, 0.3) is 11.8 Å². The van der Waals surface area contributed by atoms with Crippen molar-refractivity contribution in [1.29, 1.82) is 0 Å². The van der Waals surface area contributed by atoms with Crippen LogP contribution in [0.4, 0.5) is 11.4 Å². The minimum absolute atomic E-state index is 0.0450. The van der Waals surface area contributed by atoms with E-state index in [0.717, 1.165) is 50.1 Å². The number of phenols is 2. The van der Waals surface area contributed by atoms with Crippen LogP contribution in [0.1, 0.15) is 67.6 Å². The number of hydrogen-bond donors (Lipinski definition) is 6. The van der Waals surface area contributed by atoms with Crippen LogP contribution in [0.15, 0.2) is 97.1 Å². The smallest absolute Gasteiger partial charge is 0.326 e. The summed E-state index contributed by atoms with van der Waals surface area (Å²) in [6, 6.07) is 28.2. The molecular weight excluding hydrogens is 749 g/mol. The summed E-state index contributed by atoms with van der Waals surface area (Å²) in [6.45, 7) is 3.31. The number of nitrogens with one attached hydrogen (secondary N) is 2. The molecule has 6 rings (SSSR count). The number of carbonyl (C=O) groups excluding carboxylic acids is 2. The van der Waals surface area contributed by atoms with E-state index in [1.165, 1.54) is 24.3 Å². The Balaban J connectivity index is 0.000000211. The lowest BCUT2D eigenvalue weighted by atomic mass is 9.86. The van der Waals surface area contributed by atoms with E-state index in [2.05, 4.69) is 0 Å². The van der Waals surface area contributed by atoms with Crippen LogP contribution in [0, 0.1) is 11.8 Å². The van der Waals surface area contributed by atoms with E-state index in [9.17, 15) is 46.9 Å². The second-order valence-corrected chi connectivity index (χ2v) is 16.7. The normalized spacial score (nSPS) is 18.0. The summed E-state index contributed by atoms with van der Waals surface area (Å²) in [7, 11) is -7.94. The first-order chi connectivity index (χ1) is 26.1. The average Bonchev–Trinajstić information content (AvgIpc) is 3.60. The number of carbonyl (C=O) groups is 2. The summed E-state index contributed by atoms with van der Waals surface area (Å²) < 4.78 is 53.2. The molecule has 0 spiro atoms. The van der Waals surface area contributed by atoms with Gasteiger partial charge in [0, 0.05) is 0 Å². The van der Waals surface area contributed by atoms with Crippen LogP contribution in [0.5, 0.6) is 11.5 Å². The monoisotopic (exact) mass is 794 g/mol. The third-order valence-corrected chi connectivity index (χ3v) is 12.4. The fourth-order valence-corrected chi connectivity index (χ4v) is 9.13. The van der Waals surface area contributed by atoms with Gasteiger partial charge >= 0.3 is 20.4 Å². The minimum Gasteiger partial charge on any atom is -0.506 e. The highest BCUT2D eigenvalue weighted by Gasteiger charge is 2.37. The average molecular weight is 795 g/mol. The molecule has 2 aliphatic rings. The molecule has 4 aromatic rings. The summed E-state index contributed by atoms with van der Waals surface area (Å²) in [5, 5.41) is 42.1. The highest BCUT2D eigenvalue weighted by molar-refractivity contribution is 7.92. The first-order valence-corrected chi connectivity index (χ1v) is 20.8. The summed E-state index contributed by atoms with van der Waals surface area (Å²) in [5.74, 6) is -1.83. The molecule has 16 heteroatoms. The molecule has 6 N–H and O–H groups in total. The topological polar surface area (TPSA) is 214 Å². The number of hydrogen-bond acceptors (Lipinski definition) is 10. The maximum absolute atomic E-state index is 12.0. The maximum Gasteiger partial charge on any atom is 0.326 e. The molecule has 2 aliphatic heterocycles. The maximum atomic E-state index is 12.0. The molecule has 0 aromatic heterocycles. The van der Waals surface area contributed by atoms with Crippen LogP contribution >= 0.6 is 0 Å². The summed E-state index contributed by atoms with van der Waals surface area (Å²) in [4.78, 5) is 22.8. The molecule has 4 unspecified atom stereocenters.